The van der Waals surface area contributed by atoms with E-state index in [9.17, 15) is 19.7 Å². The highest BCUT2D eigenvalue weighted by Gasteiger charge is 2.18. The van der Waals surface area contributed by atoms with Gasteiger partial charge in [0, 0.05) is 67.8 Å². The fourth-order valence-electron chi connectivity index (χ4n) is 3.14. The minimum atomic E-state index is -0.809. The van der Waals surface area contributed by atoms with E-state index < -0.39 is 16.7 Å². The van der Waals surface area contributed by atoms with Crippen LogP contribution in [0.3, 0.4) is 0 Å². The molecular weight excluding hydrogens is 410 g/mol. The third-order valence-corrected chi connectivity index (χ3v) is 5.07. The third kappa shape index (κ3) is 5.91. The molecule has 0 aromatic heterocycles. The van der Waals surface area contributed by atoms with Crippen LogP contribution in [0.2, 0.25) is 5.02 Å². The van der Waals surface area contributed by atoms with Crippen LogP contribution in [-0.2, 0) is 9.59 Å². The Bertz CT molecular complexity index is 896. The van der Waals surface area contributed by atoms with Crippen molar-refractivity contribution >= 4 is 40.5 Å². The summed E-state index contributed by atoms with van der Waals surface area (Å²) >= 11 is 5.93. The van der Waals surface area contributed by atoms with Crippen molar-refractivity contribution in [1.82, 2.24) is 10.2 Å². The summed E-state index contributed by atoms with van der Waals surface area (Å²) in [6, 6.07) is 13.0. The molecule has 0 saturated carbocycles. The van der Waals surface area contributed by atoms with Crippen LogP contribution in [0, 0.1) is 10.1 Å². The number of hydrogen-bond acceptors (Lipinski definition) is 6. The predicted octanol–water partition coefficient (Wildman–Crippen LogP) is 2.13. The minimum absolute atomic E-state index is 0.0892. The molecule has 0 unspecified atom stereocenters. The Hall–Kier alpha value is -3.17. The Morgan fingerprint density at radius 2 is 1.60 bits per heavy atom. The van der Waals surface area contributed by atoms with E-state index in [1.165, 1.54) is 24.3 Å². The Morgan fingerprint density at radius 1 is 0.967 bits per heavy atom. The molecular formula is C20H22ClN5O4. The number of non-ortho nitro benzene ring substituents is 1. The summed E-state index contributed by atoms with van der Waals surface area (Å²) in [6.45, 7) is 4.45. The lowest BCUT2D eigenvalue weighted by molar-refractivity contribution is -0.384. The molecule has 0 spiro atoms. The number of amides is 2. The number of hydrogen-bond donors (Lipinski definition) is 2. The van der Waals surface area contributed by atoms with Gasteiger partial charge in [0.25, 0.3) is 5.69 Å². The van der Waals surface area contributed by atoms with Crippen LogP contribution in [-0.4, -0.2) is 60.9 Å². The van der Waals surface area contributed by atoms with Crippen molar-refractivity contribution in [2.75, 3.05) is 49.5 Å². The van der Waals surface area contributed by atoms with Crippen molar-refractivity contribution in [3.05, 3.63) is 63.7 Å². The molecule has 0 radical (unpaired) electrons. The zero-order valence-corrected chi connectivity index (χ0v) is 17.0. The summed E-state index contributed by atoms with van der Waals surface area (Å²) in [5.41, 5.74) is 1.36. The van der Waals surface area contributed by atoms with Crippen LogP contribution in [0.25, 0.3) is 0 Å². The maximum atomic E-state index is 12.0. The minimum Gasteiger partial charge on any atom is -0.369 e. The Labute approximate surface area is 178 Å². The molecule has 0 bridgehead atoms. The molecule has 1 fully saturated rings. The molecule has 1 aliphatic rings. The smallest absolute Gasteiger partial charge is 0.313 e. The number of nitro groups is 1. The van der Waals surface area contributed by atoms with Gasteiger partial charge in [0.15, 0.2) is 0 Å². The van der Waals surface area contributed by atoms with E-state index in [0.29, 0.717) is 23.8 Å². The number of carbonyl (C=O) groups excluding carboxylic acids is 2. The van der Waals surface area contributed by atoms with Gasteiger partial charge < -0.3 is 15.5 Å². The van der Waals surface area contributed by atoms with Gasteiger partial charge in [-0.15, -0.1) is 0 Å². The molecule has 9 nitrogen and oxygen atoms in total. The number of anilines is 2. The molecule has 1 heterocycles. The lowest BCUT2D eigenvalue weighted by Gasteiger charge is -2.36. The zero-order chi connectivity index (χ0) is 21.5. The van der Waals surface area contributed by atoms with Crippen molar-refractivity contribution in [2.24, 2.45) is 0 Å². The summed E-state index contributed by atoms with van der Waals surface area (Å²) in [4.78, 5) is 38.5. The van der Waals surface area contributed by atoms with E-state index in [-0.39, 0.29) is 5.69 Å². The van der Waals surface area contributed by atoms with Gasteiger partial charge in [-0.2, -0.15) is 0 Å². The van der Waals surface area contributed by atoms with Gasteiger partial charge >= 0.3 is 11.8 Å². The first-order valence-corrected chi connectivity index (χ1v) is 9.86. The second-order valence-corrected chi connectivity index (χ2v) is 7.26. The van der Waals surface area contributed by atoms with Crippen LogP contribution in [0.5, 0.6) is 0 Å². The second kappa shape index (κ2) is 10.0. The van der Waals surface area contributed by atoms with Crippen molar-refractivity contribution in [1.29, 1.82) is 0 Å². The molecule has 3 rings (SSSR count). The second-order valence-electron chi connectivity index (χ2n) is 6.82. The van der Waals surface area contributed by atoms with Crippen LogP contribution < -0.4 is 15.5 Å². The first-order chi connectivity index (χ1) is 14.4. The fourth-order valence-corrected chi connectivity index (χ4v) is 3.27. The standard InChI is InChI=1S/C20H22ClN5O4/c21-15-1-5-17(6-2-15)25-13-11-24(12-14-25)10-9-22-19(27)20(28)23-16-3-7-18(8-4-16)26(29)30/h1-8H,9-14H2,(H,22,27)(H,23,28). The van der Waals surface area contributed by atoms with E-state index in [0.717, 1.165) is 31.9 Å². The van der Waals surface area contributed by atoms with E-state index in [1.807, 2.05) is 24.3 Å². The normalized spacial score (nSPS) is 14.2. The molecule has 158 valence electrons. The number of carbonyl (C=O) groups is 2. The maximum Gasteiger partial charge on any atom is 0.313 e. The van der Waals surface area contributed by atoms with Crippen molar-refractivity contribution in [3.63, 3.8) is 0 Å². The Kier molecular flexibility index (Phi) is 7.21. The number of piperazine rings is 1. The average molecular weight is 432 g/mol. The Morgan fingerprint density at radius 3 is 2.20 bits per heavy atom. The predicted molar refractivity (Wildman–Crippen MR) is 115 cm³/mol. The lowest BCUT2D eigenvalue weighted by Crippen LogP contribution is -2.49. The lowest BCUT2D eigenvalue weighted by atomic mass is 10.2. The molecule has 1 aliphatic heterocycles. The number of nitro benzene ring substituents is 1. The summed E-state index contributed by atoms with van der Waals surface area (Å²) in [5, 5.41) is 16.4. The highest BCUT2D eigenvalue weighted by Crippen LogP contribution is 2.19. The van der Waals surface area contributed by atoms with Crippen LogP contribution in [0.4, 0.5) is 17.1 Å². The quantitative estimate of drug-likeness (QED) is 0.412. The maximum absolute atomic E-state index is 12.0. The number of rotatable bonds is 6. The van der Waals surface area contributed by atoms with Crippen molar-refractivity contribution < 1.29 is 14.5 Å². The molecule has 2 N–H and O–H groups in total. The highest BCUT2D eigenvalue weighted by molar-refractivity contribution is 6.39. The van der Waals surface area contributed by atoms with E-state index in [4.69, 9.17) is 11.6 Å². The summed E-state index contributed by atoms with van der Waals surface area (Å²) < 4.78 is 0. The molecule has 10 heteroatoms. The van der Waals surface area contributed by atoms with E-state index in [2.05, 4.69) is 20.4 Å². The SMILES string of the molecule is O=C(NCCN1CCN(c2ccc(Cl)cc2)CC1)C(=O)Nc1ccc([N+](=O)[O-])cc1. The molecule has 2 aromatic carbocycles. The Balaban J connectivity index is 1.36. The summed E-state index contributed by atoms with van der Waals surface area (Å²) in [7, 11) is 0. The highest BCUT2D eigenvalue weighted by atomic mass is 35.5. The topological polar surface area (TPSA) is 108 Å². The largest absolute Gasteiger partial charge is 0.369 e. The first-order valence-electron chi connectivity index (χ1n) is 9.49. The molecule has 2 amide bonds. The first kappa shape index (κ1) is 21.5. The van der Waals surface area contributed by atoms with Crippen LogP contribution >= 0.6 is 11.6 Å². The summed E-state index contributed by atoms with van der Waals surface area (Å²) in [5.74, 6) is -1.55. The van der Waals surface area contributed by atoms with Gasteiger partial charge in [-0.05, 0) is 36.4 Å². The monoisotopic (exact) mass is 431 g/mol. The van der Waals surface area contributed by atoms with Crippen LogP contribution in [0.15, 0.2) is 48.5 Å². The van der Waals surface area contributed by atoms with Gasteiger partial charge in [-0.25, -0.2) is 0 Å². The van der Waals surface area contributed by atoms with Gasteiger partial charge in [0.05, 0.1) is 4.92 Å². The average Bonchev–Trinajstić information content (AvgIpc) is 2.75. The van der Waals surface area contributed by atoms with Crippen LogP contribution in [0.1, 0.15) is 0 Å². The number of benzene rings is 2. The number of nitrogens with one attached hydrogen (secondary N) is 2. The zero-order valence-electron chi connectivity index (χ0n) is 16.2. The van der Waals surface area contributed by atoms with E-state index >= 15 is 0 Å². The molecule has 0 aliphatic carbocycles. The summed E-state index contributed by atoms with van der Waals surface area (Å²) in [6.07, 6.45) is 0. The van der Waals surface area contributed by atoms with Gasteiger partial charge in [-0.3, -0.25) is 24.6 Å². The number of nitrogens with zero attached hydrogens (tertiary/aromatic N) is 3. The molecule has 0 atom stereocenters. The molecule has 1 saturated heterocycles. The van der Waals surface area contributed by atoms with Gasteiger partial charge in [0.2, 0.25) is 0 Å². The number of halogens is 1. The van der Waals surface area contributed by atoms with E-state index in [1.54, 1.807) is 0 Å². The van der Waals surface area contributed by atoms with Crippen molar-refractivity contribution in [3.8, 4) is 0 Å². The van der Waals surface area contributed by atoms with Gasteiger partial charge in [0.1, 0.15) is 0 Å². The molecule has 30 heavy (non-hydrogen) atoms. The van der Waals surface area contributed by atoms with Crippen molar-refractivity contribution in [2.45, 2.75) is 0 Å². The fraction of sp³-hybridized carbons (Fsp3) is 0.300. The van der Waals surface area contributed by atoms with Gasteiger partial charge in [-0.1, -0.05) is 11.6 Å². The third-order valence-electron chi connectivity index (χ3n) is 4.82. The molecule has 2 aromatic rings.